The molecule has 1 unspecified atom stereocenters. The molecule has 1 atom stereocenters. The molecule has 0 radical (unpaired) electrons. The highest BCUT2D eigenvalue weighted by atomic mass is 127. The van der Waals surface area contributed by atoms with E-state index < -0.39 is 6.10 Å². The van der Waals surface area contributed by atoms with Gasteiger partial charge in [0.2, 0.25) is 6.10 Å². The van der Waals surface area contributed by atoms with E-state index in [4.69, 9.17) is 9.47 Å². The van der Waals surface area contributed by atoms with E-state index in [0.717, 1.165) is 12.8 Å². The summed E-state index contributed by atoms with van der Waals surface area (Å²) in [5.41, 5.74) is 0. The van der Waals surface area contributed by atoms with Gasteiger partial charge in [-0.3, -0.25) is 4.79 Å². The van der Waals surface area contributed by atoms with Crippen molar-refractivity contribution in [3.05, 3.63) is 24.3 Å². The average molecular weight is 389 g/mol. The number of rotatable bonds is 7. The van der Waals surface area contributed by atoms with Gasteiger partial charge in [0.15, 0.2) is 11.5 Å². The number of hydrogen-bond donors (Lipinski definition) is 1. The minimum atomic E-state index is -0.542. The number of benzene rings is 1. The number of alkyl halides is 1. The van der Waals surface area contributed by atoms with Crippen LogP contribution in [0.5, 0.6) is 11.5 Å². The fourth-order valence-corrected chi connectivity index (χ4v) is 2.59. The Balaban J connectivity index is 1.69. The predicted octanol–water partition coefficient (Wildman–Crippen LogP) is 2.94. The van der Waals surface area contributed by atoms with E-state index >= 15 is 0 Å². The molecule has 0 aromatic heterocycles. The zero-order valence-electron chi connectivity index (χ0n) is 11.4. The topological polar surface area (TPSA) is 47.6 Å². The standard InChI is InChI=1S/C15H20INO3/c16-9-5-1-2-6-10-17-15(18)14-11-19-12-7-3-4-8-13(12)20-14/h3-4,7-8,14H,1-2,5-6,9-11H2,(H,17,18). The molecule has 0 fully saturated rings. The van der Waals surface area contributed by atoms with Crippen LogP contribution in [0.4, 0.5) is 0 Å². The summed E-state index contributed by atoms with van der Waals surface area (Å²) in [6.45, 7) is 0.985. The van der Waals surface area contributed by atoms with E-state index in [1.54, 1.807) is 0 Å². The van der Waals surface area contributed by atoms with E-state index in [1.807, 2.05) is 24.3 Å². The fourth-order valence-electron chi connectivity index (χ4n) is 2.05. The quantitative estimate of drug-likeness (QED) is 0.443. The van der Waals surface area contributed by atoms with Crippen LogP contribution >= 0.6 is 22.6 Å². The highest BCUT2D eigenvalue weighted by Crippen LogP contribution is 2.30. The molecule has 110 valence electrons. The van der Waals surface area contributed by atoms with Gasteiger partial charge in [0.25, 0.3) is 5.91 Å². The number of amides is 1. The Morgan fingerprint density at radius 2 is 1.95 bits per heavy atom. The highest BCUT2D eigenvalue weighted by Gasteiger charge is 2.26. The number of ether oxygens (including phenoxy) is 2. The van der Waals surface area contributed by atoms with Gasteiger partial charge in [-0.25, -0.2) is 0 Å². The lowest BCUT2D eigenvalue weighted by Crippen LogP contribution is -2.44. The van der Waals surface area contributed by atoms with Crippen LogP contribution in [0.2, 0.25) is 0 Å². The Bertz CT molecular complexity index is 439. The summed E-state index contributed by atoms with van der Waals surface area (Å²) >= 11 is 2.39. The van der Waals surface area contributed by atoms with E-state index in [1.165, 1.54) is 17.3 Å². The Kier molecular flexibility index (Phi) is 6.42. The van der Waals surface area contributed by atoms with Crippen LogP contribution in [0.25, 0.3) is 0 Å². The number of unbranched alkanes of at least 4 members (excludes halogenated alkanes) is 3. The molecular formula is C15H20INO3. The molecule has 0 spiro atoms. The minimum Gasteiger partial charge on any atom is -0.485 e. The number of nitrogens with one attached hydrogen (secondary N) is 1. The van der Waals surface area contributed by atoms with Crippen molar-refractivity contribution < 1.29 is 14.3 Å². The molecule has 20 heavy (non-hydrogen) atoms. The van der Waals surface area contributed by atoms with Gasteiger partial charge in [-0.1, -0.05) is 47.6 Å². The van der Waals surface area contributed by atoms with Crippen molar-refractivity contribution in [3.8, 4) is 11.5 Å². The normalized spacial score (nSPS) is 16.8. The zero-order chi connectivity index (χ0) is 14.2. The van der Waals surface area contributed by atoms with Crippen molar-refractivity contribution in [1.82, 2.24) is 5.32 Å². The van der Waals surface area contributed by atoms with Crippen LogP contribution in [-0.4, -0.2) is 29.6 Å². The van der Waals surface area contributed by atoms with Gasteiger partial charge < -0.3 is 14.8 Å². The Labute approximate surface area is 133 Å². The van der Waals surface area contributed by atoms with Gasteiger partial charge in [0, 0.05) is 6.54 Å². The maximum atomic E-state index is 12.0. The van der Waals surface area contributed by atoms with Crippen LogP contribution in [0, 0.1) is 0 Å². The molecule has 1 aromatic carbocycles. The second-order valence-electron chi connectivity index (χ2n) is 4.76. The molecule has 5 heteroatoms. The second kappa shape index (κ2) is 8.34. The van der Waals surface area contributed by atoms with Crippen LogP contribution < -0.4 is 14.8 Å². The van der Waals surface area contributed by atoms with E-state index in [2.05, 4.69) is 27.9 Å². The highest BCUT2D eigenvalue weighted by molar-refractivity contribution is 14.1. The summed E-state index contributed by atoms with van der Waals surface area (Å²) in [4.78, 5) is 12.0. The number of para-hydroxylation sites is 2. The predicted molar refractivity (Wildman–Crippen MR) is 86.7 cm³/mol. The lowest BCUT2D eigenvalue weighted by atomic mass is 10.2. The van der Waals surface area contributed by atoms with Crippen LogP contribution in [0.3, 0.4) is 0 Å². The van der Waals surface area contributed by atoms with E-state index in [9.17, 15) is 4.79 Å². The smallest absolute Gasteiger partial charge is 0.264 e. The molecule has 1 amide bonds. The lowest BCUT2D eigenvalue weighted by Gasteiger charge is -2.25. The third-order valence-electron chi connectivity index (χ3n) is 3.16. The molecule has 1 N–H and O–H groups in total. The first-order chi connectivity index (χ1) is 9.81. The number of hydrogen-bond acceptors (Lipinski definition) is 3. The SMILES string of the molecule is O=C(NCCCCCCI)C1COc2ccccc2O1. The summed E-state index contributed by atoms with van der Waals surface area (Å²) in [5, 5.41) is 2.91. The van der Waals surface area contributed by atoms with Gasteiger partial charge in [-0.2, -0.15) is 0 Å². The fraction of sp³-hybridized carbons (Fsp3) is 0.533. The van der Waals surface area contributed by atoms with Gasteiger partial charge in [0.05, 0.1) is 0 Å². The lowest BCUT2D eigenvalue weighted by molar-refractivity contribution is -0.130. The van der Waals surface area contributed by atoms with E-state index in [-0.39, 0.29) is 12.5 Å². The molecule has 0 saturated heterocycles. The Morgan fingerprint density at radius 1 is 1.20 bits per heavy atom. The maximum absolute atomic E-state index is 12.0. The maximum Gasteiger partial charge on any atom is 0.264 e. The average Bonchev–Trinajstić information content (AvgIpc) is 2.50. The molecule has 0 aliphatic carbocycles. The van der Waals surface area contributed by atoms with Crippen molar-refractivity contribution in [2.24, 2.45) is 0 Å². The van der Waals surface area contributed by atoms with Gasteiger partial charge in [0.1, 0.15) is 6.61 Å². The van der Waals surface area contributed by atoms with Crippen LogP contribution in [0.15, 0.2) is 24.3 Å². The molecule has 0 bridgehead atoms. The molecule has 2 rings (SSSR count). The van der Waals surface area contributed by atoms with Gasteiger partial charge in [-0.05, 0) is 29.4 Å². The van der Waals surface area contributed by atoms with Crippen molar-refractivity contribution in [2.45, 2.75) is 31.8 Å². The summed E-state index contributed by atoms with van der Waals surface area (Å²) in [7, 11) is 0. The van der Waals surface area contributed by atoms with Crippen molar-refractivity contribution in [2.75, 3.05) is 17.6 Å². The molecule has 1 aliphatic heterocycles. The largest absolute Gasteiger partial charge is 0.485 e. The van der Waals surface area contributed by atoms with Gasteiger partial charge in [-0.15, -0.1) is 0 Å². The van der Waals surface area contributed by atoms with Crippen molar-refractivity contribution >= 4 is 28.5 Å². The van der Waals surface area contributed by atoms with Crippen LogP contribution in [0.1, 0.15) is 25.7 Å². The van der Waals surface area contributed by atoms with Crippen molar-refractivity contribution in [1.29, 1.82) is 0 Å². The Hall–Kier alpha value is -0.980. The zero-order valence-corrected chi connectivity index (χ0v) is 13.6. The molecule has 1 heterocycles. The molecular weight excluding hydrogens is 369 g/mol. The monoisotopic (exact) mass is 389 g/mol. The number of carbonyl (C=O) groups is 1. The number of halogens is 1. The summed E-state index contributed by atoms with van der Waals surface area (Å²) in [6, 6.07) is 7.42. The molecule has 4 nitrogen and oxygen atoms in total. The third-order valence-corrected chi connectivity index (χ3v) is 3.92. The summed E-state index contributed by atoms with van der Waals surface area (Å²) < 4.78 is 12.4. The summed E-state index contributed by atoms with van der Waals surface area (Å²) in [6.07, 6.45) is 4.13. The van der Waals surface area contributed by atoms with Gasteiger partial charge >= 0.3 is 0 Å². The first-order valence-electron chi connectivity index (χ1n) is 7.03. The molecule has 1 aliphatic rings. The number of fused-ring (bicyclic) bond motifs is 1. The first-order valence-corrected chi connectivity index (χ1v) is 8.56. The molecule has 1 aromatic rings. The summed E-state index contributed by atoms with van der Waals surface area (Å²) in [5.74, 6) is 1.25. The Morgan fingerprint density at radius 3 is 2.75 bits per heavy atom. The number of carbonyl (C=O) groups excluding carboxylic acids is 1. The van der Waals surface area contributed by atoms with Crippen LogP contribution in [-0.2, 0) is 4.79 Å². The minimum absolute atomic E-state index is 0.0894. The first kappa shape index (κ1) is 15.4. The third kappa shape index (κ3) is 4.54. The molecule has 0 saturated carbocycles. The second-order valence-corrected chi connectivity index (χ2v) is 5.84. The van der Waals surface area contributed by atoms with Crippen molar-refractivity contribution in [3.63, 3.8) is 0 Å². The van der Waals surface area contributed by atoms with E-state index in [0.29, 0.717) is 18.0 Å².